The molecule has 0 atom stereocenters. The first kappa shape index (κ1) is 13.7. The number of hydrogen-bond donors (Lipinski definition) is 1. The van der Waals surface area contributed by atoms with E-state index in [0.717, 1.165) is 0 Å². The quantitative estimate of drug-likeness (QED) is 0.797. The standard InChI is InChI=1S/C12H13N5O3/c1-2-20-11(18)8-17-7-10(15-16-17)14-12(19)9-3-5-13-6-4-9/h3-7H,2,8H2,1H3,(H,14,19). The second-order valence-electron chi connectivity index (χ2n) is 3.80. The van der Waals surface area contributed by atoms with Crippen molar-refractivity contribution in [3.8, 4) is 0 Å². The third-order valence-corrected chi connectivity index (χ3v) is 2.32. The maximum atomic E-state index is 11.8. The number of aromatic nitrogens is 4. The van der Waals surface area contributed by atoms with Gasteiger partial charge in [0.15, 0.2) is 5.82 Å². The van der Waals surface area contributed by atoms with Crippen LogP contribution < -0.4 is 5.32 Å². The topological polar surface area (TPSA) is 99.0 Å². The summed E-state index contributed by atoms with van der Waals surface area (Å²) < 4.78 is 6.08. The maximum absolute atomic E-state index is 11.8. The first-order chi connectivity index (χ1) is 9.69. The lowest BCUT2D eigenvalue weighted by Crippen LogP contribution is -2.14. The first-order valence-corrected chi connectivity index (χ1v) is 5.96. The highest BCUT2D eigenvalue weighted by atomic mass is 16.5. The van der Waals surface area contributed by atoms with E-state index in [1.54, 1.807) is 19.1 Å². The summed E-state index contributed by atoms with van der Waals surface area (Å²) in [6.07, 6.45) is 4.50. The Balaban J connectivity index is 1.96. The molecule has 0 saturated carbocycles. The van der Waals surface area contributed by atoms with Crippen molar-refractivity contribution in [3.05, 3.63) is 36.3 Å². The minimum absolute atomic E-state index is 0.0496. The SMILES string of the molecule is CCOC(=O)Cn1cc(NC(=O)c2ccncc2)nn1. The van der Waals surface area contributed by atoms with E-state index in [2.05, 4.69) is 20.6 Å². The van der Waals surface area contributed by atoms with Crippen molar-refractivity contribution >= 4 is 17.7 Å². The number of carbonyl (C=O) groups is 2. The van der Waals surface area contributed by atoms with Gasteiger partial charge in [0, 0.05) is 18.0 Å². The van der Waals surface area contributed by atoms with E-state index in [9.17, 15) is 9.59 Å². The Labute approximate surface area is 114 Å². The number of anilines is 1. The molecule has 1 N–H and O–H groups in total. The van der Waals surface area contributed by atoms with Crippen LogP contribution in [-0.2, 0) is 16.1 Å². The van der Waals surface area contributed by atoms with Crippen LogP contribution in [0.4, 0.5) is 5.82 Å². The van der Waals surface area contributed by atoms with Gasteiger partial charge >= 0.3 is 5.97 Å². The number of carbonyl (C=O) groups excluding carboxylic acids is 2. The lowest BCUT2D eigenvalue weighted by molar-refractivity contribution is -0.144. The molecule has 0 fully saturated rings. The van der Waals surface area contributed by atoms with Crippen LogP contribution >= 0.6 is 0 Å². The molecule has 0 radical (unpaired) electrons. The predicted octanol–water partition coefficient (Wildman–Crippen LogP) is 0.488. The Hall–Kier alpha value is -2.77. The van der Waals surface area contributed by atoms with E-state index < -0.39 is 5.97 Å². The molecule has 0 aliphatic rings. The normalized spacial score (nSPS) is 10.1. The number of nitrogens with zero attached hydrogens (tertiary/aromatic N) is 4. The number of esters is 1. The molecule has 20 heavy (non-hydrogen) atoms. The Morgan fingerprint density at radius 2 is 2.10 bits per heavy atom. The summed E-state index contributed by atoms with van der Waals surface area (Å²) in [4.78, 5) is 26.9. The van der Waals surface area contributed by atoms with Gasteiger partial charge in [-0.2, -0.15) is 0 Å². The third kappa shape index (κ3) is 3.61. The van der Waals surface area contributed by atoms with Crippen LogP contribution in [0.1, 0.15) is 17.3 Å². The zero-order valence-corrected chi connectivity index (χ0v) is 10.8. The molecule has 1 amide bonds. The summed E-state index contributed by atoms with van der Waals surface area (Å²) in [5.41, 5.74) is 0.458. The van der Waals surface area contributed by atoms with Gasteiger partial charge in [0.2, 0.25) is 0 Å². The summed E-state index contributed by atoms with van der Waals surface area (Å²) in [6, 6.07) is 3.16. The molecular formula is C12H13N5O3. The van der Waals surface area contributed by atoms with Gasteiger partial charge in [-0.05, 0) is 19.1 Å². The highest BCUT2D eigenvalue weighted by molar-refractivity contribution is 6.03. The molecule has 0 aliphatic heterocycles. The van der Waals surface area contributed by atoms with Gasteiger partial charge in [0.05, 0.1) is 12.8 Å². The van der Waals surface area contributed by atoms with Crippen LogP contribution in [0.3, 0.4) is 0 Å². The molecule has 0 saturated heterocycles. The monoisotopic (exact) mass is 275 g/mol. The fourth-order valence-corrected chi connectivity index (χ4v) is 1.46. The van der Waals surface area contributed by atoms with Crippen LogP contribution in [0, 0.1) is 0 Å². The molecule has 2 rings (SSSR count). The van der Waals surface area contributed by atoms with Gasteiger partial charge in [-0.1, -0.05) is 5.21 Å². The van der Waals surface area contributed by atoms with Crippen LogP contribution in [0.15, 0.2) is 30.7 Å². The molecule has 0 bridgehead atoms. The third-order valence-electron chi connectivity index (χ3n) is 2.32. The van der Waals surface area contributed by atoms with Gasteiger partial charge in [-0.15, -0.1) is 5.10 Å². The van der Waals surface area contributed by atoms with Crippen molar-refractivity contribution in [2.45, 2.75) is 13.5 Å². The fraction of sp³-hybridized carbons (Fsp3) is 0.250. The highest BCUT2D eigenvalue weighted by Crippen LogP contribution is 2.04. The zero-order chi connectivity index (χ0) is 14.4. The van der Waals surface area contributed by atoms with Crippen LogP contribution in [-0.4, -0.2) is 38.5 Å². The van der Waals surface area contributed by atoms with E-state index in [1.165, 1.54) is 23.3 Å². The van der Waals surface area contributed by atoms with Gasteiger partial charge in [0.25, 0.3) is 5.91 Å². The van der Waals surface area contributed by atoms with E-state index in [1.807, 2.05) is 0 Å². The Bertz CT molecular complexity index is 596. The summed E-state index contributed by atoms with van der Waals surface area (Å²) >= 11 is 0. The molecule has 104 valence electrons. The minimum atomic E-state index is -0.413. The van der Waals surface area contributed by atoms with Gasteiger partial charge in [-0.3, -0.25) is 14.6 Å². The summed E-state index contributed by atoms with van der Waals surface area (Å²) in [6.45, 7) is 1.98. The average Bonchev–Trinajstić information content (AvgIpc) is 2.87. The number of hydrogen-bond acceptors (Lipinski definition) is 6. The molecule has 8 heteroatoms. The van der Waals surface area contributed by atoms with Crippen molar-refractivity contribution in [2.75, 3.05) is 11.9 Å². The Morgan fingerprint density at radius 1 is 1.35 bits per heavy atom. The van der Waals surface area contributed by atoms with E-state index in [4.69, 9.17) is 4.74 Å². The molecule has 2 heterocycles. The molecule has 2 aromatic rings. The van der Waals surface area contributed by atoms with Gasteiger partial charge in [-0.25, -0.2) is 4.68 Å². The summed E-state index contributed by atoms with van der Waals surface area (Å²) in [5.74, 6) is -0.476. The molecule has 8 nitrogen and oxygen atoms in total. The van der Waals surface area contributed by atoms with Crippen molar-refractivity contribution in [2.24, 2.45) is 0 Å². The van der Waals surface area contributed by atoms with Crippen LogP contribution in [0.2, 0.25) is 0 Å². The van der Waals surface area contributed by atoms with Gasteiger partial charge < -0.3 is 10.1 Å². The fourth-order valence-electron chi connectivity index (χ4n) is 1.46. The van der Waals surface area contributed by atoms with E-state index in [0.29, 0.717) is 12.2 Å². The number of ether oxygens (including phenoxy) is 1. The second-order valence-corrected chi connectivity index (χ2v) is 3.80. The van der Waals surface area contributed by atoms with Gasteiger partial charge in [0.1, 0.15) is 6.54 Å². The number of rotatable bonds is 5. The molecule has 0 aliphatic carbocycles. The largest absolute Gasteiger partial charge is 0.465 e. The predicted molar refractivity (Wildman–Crippen MR) is 68.8 cm³/mol. The minimum Gasteiger partial charge on any atom is -0.465 e. The smallest absolute Gasteiger partial charge is 0.327 e. The van der Waals surface area contributed by atoms with Crippen LogP contribution in [0.5, 0.6) is 0 Å². The zero-order valence-electron chi connectivity index (χ0n) is 10.8. The molecule has 0 aromatic carbocycles. The molecule has 0 unspecified atom stereocenters. The molecule has 0 spiro atoms. The van der Waals surface area contributed by atoms with Crippen molar-refractivity contribution in [3.63, 3.8) is 0 Å². The second kappa shape index (κ2) is 6.41. The van der Waals surface area contributed by atoms with Crippen molar-refractivity contribution in [1.29, 1.82) is 0 Å². The molecular weight excluding hydrogens is 262 g/mol. The highest BCUT2D eigenvalue weighted by Gasteiger charge is 2.10. The number of amides is 1. The lowest BCUT2D eigenvalue weighted by Gasteiger charge is -2.01. The number of nitrogens with one attached hydrogen (secondary N) is 1. The Kier molecular flexibility index (Phi) is 4.38. The maximum Gasteiger partial charge on any atom is 0.327 e. The summed E-state index contributed by atoms with van der Waals surface area (Å²) in [7, 11) is 0. The Morgan fingerprint density at radius 3 is 2.80 bits per heavy atom. The number of pyridine rings is 1. The average molecular weight is 275 g/mol. The van der Waals surface area contributed by atoms with E-state index >= 15 is 0 Å². The lowest BCUT2D eigenvalue weighted by atomic mass is 10.2. The molecule has 2 aromatic heterocycles. The first-order valence-electron chi connectivity index (χ1n) is 5.96. The van der Waals surface area contributed by atoms with E-state index in [-0.39, 0.29) is 18.3 Å². The summed E-state index contributed by atoms with van der Waals surface area (Å²) in [5, 5.41) is 10.0. The van der Waals surface area contributed by atoms with Crippen molar-refractivity contribution < 1.29 is 14.3 Å². The van der Waals surface area contributed by atoms with Crippen molar-refractivity contribution in [1.82, 2.24) is 20.0 Å². The van der Waals surface area contributed by atoms with Crippen LogP contribution in [0.25, 0.3) is 0 Å².